The van der Waals surface area contributed by atoms with E-state index in [1.165, 1.54) is 0 Å². The Morgan fingerprint density at radius 2 is 1.85 bits per heavy atom. The zero-order valence-corrected chi connectivity index (χ0v) is 14.2. The van der Waals surface area contributed by atoms with Crippen molar-refractivity contribution >= 4 is 0 Å². The van der Waals surface area contributed by atoms with E-state index >= 15 is 0 Å². The van der Waals surface area contributed by atoms with E-state index in [9.17, 15) is 0 Å². The van der Waals surface area contributed by atoms with Gasteiger partial charge in [-0.2, -0.15) is 0 Å². The van der Waals surface area contributed by atoms with Crippen LogP contribution in [0.5, 0.6) is 0 Å². The summed E-state index contributed by atoms with van der Waals surface area (Å²) in [6, 6.07) is 2.56. The Labute approximate surface area is 124 Å². The number of nitrogens with one attached hydrogen (secondary N) is 1. The second kappa shape index (κ2) is 7.16. The summed E-state index contributed by atoms with van der Waals surface area (Å²) in [7, 11) is 0. The highest BCUT2D eigenvalue weighted by atomic mass is 14.9. The van der Waals surface area contributed by atoms with Crippen molar-refractivity contribution in [3.8, 4) is 0 Å². The van der Waals surface area contributed by atoms with Crippen molar-refractivity contribution in [2.75, 3.05) is 6.54 Å². The maximum atomic E-state index is 4.74. The van der Waals surface area contributed by atoms with Gasteiger partial charge in [0.2, 0.25) is 0 Å². The molecule has 0 aliphatic rings. The van der Waals surface area contributed by atoms with Crippen LogP contribution in [0.1, 0.15) is 71.1 Å². The van der Waals surface area contributed by atoms with Crippen LogP contribution in [0, 0.1) is 12.3 Å². The van der Waals surface area contributed by atoms with Crippen LogP contribution < -0.4 is 5.32 Å². The fraction of sp³-hybridized carbons (Fsp3) is 0.765. The van der Waals surface area contributed by atoms with Gasteiger partial charge >= 0.3 is 0 Å². The van der Waals surface area contributed by atoms with Crippen LogP contribution in [-0.4, -0.2) is 22.6 Å². The molecule has 1 heterocycles. The van der Waals surface area contributed by atoms with Crippen LogP contribution in [0.15, 0.2) is 6.07 Å². The van der Waals surface area contributed by atoms with Gasteiger partial charge in [0.15, 0.2) is 0 Å². The first-order valence-corrected chi connectivity index (χ1v) is 7.81. The average Bonchev–Trinajstić information content (AvgIpc) is 2.32. The first kappa shape index (κ1) is 17.1. The van der Waals surface area contributed by atoms with Crippen LogP contribution in [0.2, 0.25) is 0 Å². The highest BCUT2D eigenvalue weighted by Crippen LogP contribution is 2.23. The second-order valence-electron chi connectivity index (χ2n) is 7.09. The molecule has 0 aromatic carbocycles. The Morgan fingerprint density at radius 3 is 2.35 bits per heavy atom. The average molecular weight is 277 g/mol. The standard InChI is InChI=1S/C17H31N3/c1-8-9-18-15(17(5,6)7)11-14-10-13(4)19-16(20-14)12(2)3/h10,12,15,18H,8-9,11H2,1-7H3. The highest BCUT2D eigenvalue weighted by Gasteiger charge is 2.25. The molecule has 0 fully saturated rings. The Hall–Kier alpha value is -0.960. The van der Waals surface area contributed by atoms with Crippen molar-refractivity contribution in [2.45, 2.75) is 73.3 Å². The summed E-state index contributed by atoms with van der Waals surface area (Å²) < 4.78 is 0. The summed E-state index contributed by atoms with van der Waals surface area (Å²) in [6.45, 7) is 16.5. The molecule has 1 rings (SSSR count). The summed E-state index contributed by atoms with van der Waals surface area (Å²) >= 11 is 0. The molecule has 0 aliphatic carbocycles. The van der Waals surface area contributed by atoms with Crippen molar-refractivity contribution in [1.82, 2.24) is 15.3 Å². The molecule has 1 N–H and O–H groups in total. The molecular formula is C17H31N3. The Morgan fingerprint density at radius 1 is 1.20 bits per heavy atom. The molecule has 1 unspecified atom stereocenters. The van der Waals surface area contributed by atoms with Gasteiger partial charge in [0.25, 0.3) is 0 Å². The van der Waals surface area contributed by atoms with Gasteiger partial charge in [-0.05, 0) is 31.4 Å². The van der Waals surface area contributed by atoms with Crippen molar-refractivity contribution in [3.63, 3.8) is 0 Å². The molecule has 3 nitrogen and oxygen atoms in total. The SMILES string of the molecule is CCCNC(Cc1cc(C)nc(C(C)C)n1)C(C)(C)C. The molecule has 1 atom stereocenters. The minimum Gasteiger partial charge on any atom is -0.313 e. The predicted octanol–water partition coefficient (Wildman–Crippen LogP) is 3.87. The molecular weight excluding hydrogens is 246 g/mol. The van der Waals surface area contributed by atoms with Crippen LogP contribution in [0.3, 0.4) is 0 Å². The number of aryl methyl sites for hydroxylation is 1. The van der Waals surface area contributed by atoms with E-state index in [-0.39, 0.29) is 5.41 Å². The minimum atomic E-state index is 0.228. The van der Waals surface area contributed by atoms with E-state index in [0.29, 0.717) is 12.0 Å². The molecule has 0 bridgehead atoms. The molecule has 0 radical (unpaired) electrons. The van der Waals surface area contributed by atoms with E-state index in [1.54, 1.807) is 0 Å². The van der Waals surface area contributed by atoms with Crippen molar-refractivity contribution in [3.05, 3.63) is 23.3 Å². The van der Waals surface area contributed by atoms with Gasteiger partial charge in [0, 0.05) is 29.8 Å². The van der Waals surface area contributed by atoms with E-state index in [1.807, 2.05) is 0 Å². The predicted molar refractivity (Wildman–Crippen MR) is 86.1 cm³/mol. The smallest absolute Gasteiger partial charge is 0.131 e. The number of nitrogens with zero attached hydrogens (tertiary/aromatic N) is 2. The van der Waals surface area contributed by atoms with Crippen molar-refractivity contribution in [2.24, 2.45) is 5.41 Å². The van der Waals surface area contributed by atoms with Crippen LogP contribution in [0.4, 0.5) is 0 Å². The zero-order valence-electron chi connectivity index (χ0n) is 14.2. The van der Waals surface area contributed by atoms with Gasteiger partial charge in [-0.15, -0.1) is 0 Å². The third-order valence-electron chi connectivity index (χ3n) is 3.54. The Kier molecular flexibility index (Phi) is 6.12. The molecule has 0 saturated heterocycles. The van der Waals surface area contributed by atoms with Gasteiger partial charge in [0.05, 0.1) is 0 Å². The molecule has 0 spiro atoms. The fourth-order valence-electron chi connectivity index (χ4n) is 2.23. The lowest BCUT2D eigenvalue weighted by atomic mass is 9.84. The van der Waals surface area contributed by atoms with Crippen molar-refractivity contribution < 1.29 is 0 Å². The van der Waals surface area contributed by atoms with E-state index in [2.05, 4.69) is 64.8 Å². The third-order valence-corrected chi connectivity index (χ3v) is 3.54. The molecule has 20 heavy (non-hydrogen) atoms. The van der Waals surface area contributed by atoms with Gasteiger partial charge in [-0.1, -0.05) is 41.5 Å². The lowest BCUT2D eigenvalue weighted by molar-refractivity contribution is 0.265. The van der Waals surface area contributed by atoms with E-state index in [4.69, 9.17) is 4.98 Å². The molecule has 0 saturated carbocycles. The maximum absolute atomic E-state index is 4.74. The van der Waals surface area contributed by atoms with Gasteiger partial charge in [0.1, 0.15) is 5.82 Å². The number of rotatable bonds is 6. The van der Waals surface area contributed by atoms with E-state index < -0.39 is 0 Å². The summed E-state index contributed by atoms with van der Waals surface area (Å²) in [6.07, 6.45) is 2.12. The summed E-state index contributed by atoms with van der Waals surface area (Å²) in [5, 5.41) is 3.67. The van der Waals surface area contributed by atoms with E-state index in [0.717, 1.165) is 36.6 Å². The fourth-order valence-corrected chi connectivity index (χ4v) is 2.23. The van der Waals surface area contributed by atoms with Crippen LogP contribution in [-0.2, 0) is 6.42 Å². The summed E-state index contributed by atoms with van der Waals surface area (Å²) in [5.74, 6) is 1.34. The third kappa shape index (κ3) is 5.20. The Bertz CT molecular complexity index is 419. The molecule has 114 valence electrons. The maximum Gasteiger partial charge on any atom is 0.131 e. The normalized spacial score (nSPS) is 13.8. The minimum absolute atomic E-state index is 0.228. The summed E-state index contributed by atoms with van der Waals surface area (Å²) in [5.41, 5.74) is 2.46. The van der Waals surface area contributed by atoms with Crippen LogP contribution >= 0.6 is 0 Å². The first-order valence-electron chi connectivity index (χ1n) is 7.81. The monoisotopic (exact) mass is 277 g/mol. The zero-order chi connectivity index (χ0) is 15.3. The Balaban J connectivity index is 2.93. The second-order valence-corrected chi connectivity index (χ2v) is 7.09. The number of aromatic nitrogens is 2. The van der Waals surface area contributed by atoms with Crippen molar-refractivity contribution in [1.29, 1.82) is 0 Å². The molecule has 0 amide bonds. The quantitative estimate of drug-likeness (QED) is 0.858. The first-order chi connectivity index (χ1) is 9.24. The lowest BCUT2D eigenvalue weighted by Crippen LogP contribution is -2.42. The highest BCUT2D eigenvalue weighted by molar-refractivity contribution is 5.13. The largest absolute Gasteiger partial charge is 0.313 e. The number of hydrogen-bond donors (Lipinski definition) is 1. The topological polar surface area (TPSA) is 37.8 Å². The molecule has 0 aliphatic heterocycles. The molecule has 3 heteroatoms. The van der Waals surface area contributed by atoms with Gasteiger partial charge in [-0.3, -0.25) is 0 Å². The molecule has 1 aromatic heterocycles. The van der Waals surface area contributed by atoms with Gasteiger partial charge < -0.3 is 5.32 Å². The lowest BCUT2D eigenvalue weighted by Gasteiger charge is -2.31. The van der Waals surface area contributed by atoms with Gasteiger partial charge in [-0.25, -0.2) is 9.97 Å². The molecule has 1 aromatic rings. The van der Waals surface area contributed by atoms with Crippen LogP contribution in [0.25, 0.3) is 0 Å². The summed E-state index contributed by atoms with van der Waals surface area (Å²) in [4.78, 5) is 9.28. The number of hydrogen-bond acceptors (Lipinski definition) is 3.